The van der Waals surface area contributed by atoms with Crippen LogP contribution in [-0.2, 0) is 21.2 Å². The van der Waals surface area contributed by atoms with Crippen molar-refractivity contribution in [1.29, 1.82) is 0 Å². The number of carbonyl (C=O) groups excluding carboxylic acids is 1. The third-order valence-electron chi connectivity index (χ3n) is 6.16. The number of aryl methyl sites for hydroxylation is 2. The summed E-state index contributed by atoms with van der Waals surface area (Å²) in [6.45, 7) is 1.73. The van der Waals surface area contributed by atoms with Crippen molar-refractivity contribution in [3.63, 3.8) is 0 Å². The van der Waals surface area contributed by atoms with Crippen LogP contribution < -0.4 is 9.62 Å². The van der Waals surface area contributed by atoms with Gasteiger partial charge in [0.05, 0.1) is 16.6 Å². The van der Waals surface area contributed by atoms with Gasteiger partial charge >= 0.3 is 0 Å². The zero-order valence-corrected chi connectivity index (χ0v) is 18.2. The summed E-state index contributed by atoms with van der Waals surface area (Å²) < 4.78 is 28.1. The van der Waals surface area contributed by atoms with Crippen molar-refractivity contribution < 1.29 is 13.2 Å². The molecule has 1 aliphatic carbocycles. The maximum absolute atomic E-state index is 13.4. The predicted octanol–water partition coefficient (Wildman–Crippen LogP) is 4.36. The first-order valence-electron chi connectivity index (χ1n) is 10.5. The van der Waals surface area contributed by atoms with Crippen LogP contribution in [0.5, 0.6) is 0 Å². The highest BCUT2D eigenvalue weighted by Gasteiger charge is 2.36. The van der Waals surface area contributed by atoms with Gasteiger partial charge in [-0.15, -0.1) is 0 Å². The Morgan fingerprint density at radius 3 is 2.68 bits per heavy atom. The summed E-state index contributed by atoms with van der Waals surface area (Å²) in [5, 5.41) is 3.08. The second-order valence-corrected chi connectivity index (χ2v) is 10.1. The van der Waals surface area contributed by atoms with E-state index in [1.165, 1.54) is 9.87 Å². The van der Waals surface area contributed by atoms with Gasteiger partial charge in [0.2, 0.25) is 5.91 Å². The molecule has 5 nitrogen and oxygen atoms in total. The highest BCUT2D eigenvalue weighted by atomic mass is 32.2. The molecule has 1 amide bonds. The van der Waals surface area contributed by atoms with Crippen molar-refractivity contribution in [2.75, 3.05) is 10.8 Å². The normalized spacial score (nSPS) is 18.5. The van der Waals surface area contributed by atoms with Crippen molar-refractivity contribution in [3.8, 4) is 11.1 Å². The molecule has 3 aromatic rings. The smallest absolute Gasteiger partial charge is 0.265 e. The number of nitrogens with one attached hydrogen (secondary N) is 1. The van der Waals surface area contributed by atoms with Crippen LogP contribution in [0.2, 0.25) is 0 Å². The van der Waals surface area contributed by atoms with Gasteiger partial charge < -0.3 is 5.32 Å². The first-order chi connectivity index (χ1) is 14.9. The van der Waals surface area contributed by atoms with Gasteiger partial charge in [-0.2, -0.15) is 0 Å². The average Bonchev–Trinajstić information content (AvgIpc) is 2.77. The van der Waals surface area contributed by atoms with Crippen molar-refractivity contribution in [3.05, 3.63) is 83.4 Å². The SMILES string of the molecule is Cc1ccc2c(c1)-c1ccccc1S(=O)(=O)N2CC(=O)N[C@H]1CCCc2ccccc21. The molecule has 1 heterocycles. The molecule has 2 aliphatic rings. The van der Waals surface area contributed by atoms with Crippen molar-refractivity contribution >= 4 is 21.6 Å². The number of benzene rings is 3. The molecule has 6 heteroatoms. The van der Waals surface area contributed by atoms with E-state index in [0.29, 0.717) is 11.3 Å². The van der Waals surface area contributed by atoms with Gasteiger partial charge in [-0.1, -0.05) is 54.1 Å². The van der Waals surface area contributed by atoms with Gasteiger partial charge in [0, 0.05) is 11.1 Å². The first kappa shape index (κ1) is 19.8. The van der Waals surface area contributed by atoms with Gasteiger partial charge in [0.25, 0.3) is 10.0 Å². The molecular formula is C25H24N2O3S. The first-order valence-corrected chi connectivity index (χ1v) is 12.0. The Balaban J connectivity index is 1.48. The Kier molecular flexibility index (Phi) is 4.82. The molecule has 0 unspecified atom stereocenters. The molecule has 0 bridgehead atoms. The monoisotopic (exact) mass is 432 g/mol. The molecule has 0 saturated carbocycles. The number of nitrogens with zero attached hydrogens (tertiary/aromatic N) is 1. The van der Waals surface area contributed by atoms with Crippen LogP contribution in [0.25, 0.3) is 11.1 Å². The Hall–Kier alpha value is -3.12. The lowest BCUT2D eigenvalue weighted by molar-refractivity contribution is -0.120. The van der Waals surface area contributed by atoms with E-state index in [1.807, 2.05) is 49.4 Å². The molecule has 0 fully saturated rings. The largest absolute Gasteiger partial charge is 0.348 e. The molecule has 0 spiro atoms. The van der Waals surface area contributed by atoms with Gasteiger partial charge in [-0.3, -0.25) is 9.10 Å². The highest BCUT2D eigenvalue weighted by Crippen LogP contribution is 2.43. The molecule has 0 radical (unpaired) electrons. The standard InChI is InChI=1S/C25H24N2O3S/c1-17-13-14-23-21(15-17)20-10-4-5-12-24(20)31(29,30)27(23)16-25(28)26-22-11-6-8-18-7-2-3-9-19(18)22/h2-5,7,9-10,12-15,22H,6,8,11,16H2,1H3,(H,26,28)/t22-/m0/s1. The van der Waals surface area contributed by atoms with E-state index in [4.69, 9.17) is 0 Å². The van der Waals surface area contributed by atoms with Crippen LogP contribution in [0.4, 0.5) is 5.69 Å². The van der Waals surface area contributed by atoms with Crippen LogP contribution in [-0.4, -0.2) is 20.9 Å². The molecule has 158 valence electrons. The van der Waals surface area contributed by atoms with Crippen LogP contribution in [0, 0.1) is 6.92 Å². The van der Waals surface area contributed by atoms with E-state index in [1.54, 1.807) is 18.2 Å². The number of rotatable bonds is 3. The predicted molar refractivity (Wildman–Crippen MR) is 121 cm³/mol. The Morgan fingerprint density at radius 1 is 1.03 bits per heavy atom. The molecule has 3 aromatic carbocycles. The fourth-order valence-corrected chi connectivity index (χ4v) is 6.34. The maximum atomic E-state index is 13.4. The van der Waals surface area contributed by atoms with Gasteiger partial charge in [-0.25, -0.2) is 8.42 Å². The number of hydrogen-bond acceptors (Lipinski definition) is 3. The molecule has 31 heavy (non-hydrogen) atoms. The van der Waals surface area contributed by atoms with Crippen molar-refractivity contribution in [2.45, 2.75) is 37.1 Å². The Bertz CT molecular complexity index is 1280. The Morgan fingerprint density at radius 2 is 1.81 bits per heavy atom. The fourth-order valence-electron chi connectivity index (χ4n) is 4.69. The molecule has 1 atom stereocenters. The lowest BCUT2D eigenvalue weighted by atomic mass is 9.88. The third kappa shape index (κ3) is 3.41. The van der Waals surface area contributed by atoms with Gasteiger partial charge in [0.1, 0.15) is 6.54 Å². The van der Waals surface area contributed by atoms with Gasteiger partial charge in [-0.05, 0) is 55.5 Å². The van der Waals surface area contributed by atoms with E-state index in [9.17, 15) is 13.2 Å². The topological polar surface area (TPSA) is 66.5 Å². The third-order valence-corrected chi connectivity index (χ3v) is 7.98. The molecule has 1 N–H and O–H groups in total. The van der Waals surface area contributed by atoms with E-state index in [2.05, 4.69) is 11.4 Å². The van der Waals surface area contributed by atoms with E-state index >= 15 is 0 Å². The van der Waals surface area contributed by atoms with Crippen molar-refractivity contribution in [2.24, 2.45) is 0 Å². The van der Waals surface area contributed by atoms with Crippen LogP contribution in [0.3, 0.4) is 0 Å². The zero-order valence-electron chi connectivity index (χ0n) is 17.3. The molecule has 0 aromatic heterocycles. The number of hydrogen-bond donors (Lipinski definition) is 1. The van der Waals surface area contributed by atoms with E-state index in [0.717, 1.165) is 36.0 Å². The zero-order chi connectivity index (χ0) is 21.6. The van der Waals surface area contributed by atoms with Crippen molar-refractivity contribution in [1.82, 2.24) is 5.32 Å². The summed E-state index contributed by atoms with van der Waals surface area (Å²) in [6, 6.07) is 20.7. The average molecular weight is 433 g/mol. The number of amides is 1. The van der Waals surface area contributed by atoms with Crippen LogP contribution in [0.1, 0.15) is 35.6 Å². The second-order valence-electron chi connectivity index (χ2n) is 8.24. The lowest BCUT2D eigenvalue weighted by Crippen LogP contribution is -2.43. The lowest BCUT2D eigenvalue weighted by Gasteiger charge is -2.33. The summed E-state index contributed by atoms with van der Waals surface area (Å²) in [5.74, 6) is -0.295. The summed E-state index contributed by atoms with van der Waals surface area (Å²) in [7, 11) is -3.83. The van der Waals surface area contributed by atoms with E-state index < -0.39 is 10.0 Å². The van der Waals surface area contributed by atoms with Crippen LogP contribution in [0.15, 0.2) is 71.6 Å². The summed E-state index contributed by atoms with van der Waals surface area (Å²) >= 11 is 0. The molecule has 5 rings (SSSR count). The highest BCUT2D eigenvalue weighted by molar-refractivity contribution is 7.93. The van der Waals surface area contributed by atoms with E-state index in [-0.39, 0.29) is 23.4 Å². The summed E-state index contributed by atoms with van der Waals surface area (Å²) in [6.07, 6.45) is 2.86. The second kappa shape index (κ2) is 7.54. The number of anilines is 1. The van der Waals surface area contributed by atoms with Gasteiger partial charge in [0.15, 0.2) is 0 Å². The minimum Gasteiger partial charge on any atom is -0.348 e. The summed E-state index contributed by atoms with van der Waals surface area (Å²) in [4.78, 5) is 13.3. The number of carbonyl (C=O) groups is 1. The maximum Gasteiger partial charge on any atom is 0.265 e. The number of fused-ring (bicyclic) bond motifs is 4. The fraction of sp³-hybridized carbons (Fsp3) is 0.240. The quantitative estimate of drug-likeness (QED) is 0.669. The Labute approximate surface area is 182 Å². The molecule has 0 saturated heterocycles. The van der Waals surface area contributed by atoms with Crippen LogP contribution >= 0.6 is 0 Å². The number of sulfonamides is 1. The minimum atomic E-state index is -3.83. The molecular weight excluding hydrogens is 408 g/mol. The minimum absolute atomic E-state index is 0.0882. The summed E-state index contributed by atoms with van der Waals surface area (Å²) in [5.41, 5.74) is 5.48. The molecule has 1 aliphatic heterocycles.